The summed E-state index contributed by atoms with van der Waals surface area (Å²) >= 11 is 0. The third-order valence-electron chi connectivity index (χ3n) is 5.62. The van der Waals surface area contributed by atoms with Crippen LogP contribution in [0.4, 0.5) is 5.69 Å². The maximum absolute atomic E-state index is 5.84. The Morgan fingerprint density at radius 2 is 2.00 bits per heavy atom. The van der Waals surface area contributed by atoms with Crippen LogP contribution in [0.25, 0.3) is 0 Å². The van der Waals surface area contributed by atoms with E-state index in [1.165, 1.54) is 17.7 Å². The van der Waals surface area contributed by atoms with Crippen LogP contribution in [0, 0.1) is 11.8 Å². The molecule has 168 valence electrons. The predicted octanol–water partition coefficient (Wildman–Crippen LogP) is 3.54. The van der Waals surface area contributed by atoms with Crippen LogP contribution in [0.15, 0.2) is 59.6 Å². The summed E-state index contributed by atoms with van der Waals surface area (Å²) in [5, 5.41) is 6.92. The molecule has 0 aliphatic carbocycles. The highest BCUT2D eigenvalue weighted by Crippen LogP contribution is 2.26. The molecule has 3 rings (SSSR count). The van der Waals surface area contributed by atoms with Crippen LogP contribution in [0.3, 0.4) is 0 Å². The van der Waals surface area contributed by atoms with E-state index in [1.54, 1.807) is 7.11 Å². The van der Waals surface area contributed by atoms with E-state index >= 15 is 0 Å². The number of rotatable bonds is 10. The number of hydrogen-bond acceptors (Lipinski definition) is 4. The maximum Gasteiger partial charge on any atom is 0.190 e. The lowest BCUT2D eigenvalue weighted by molar-refractivity contribution is 0.0931. The topological polar surface area (TPSA) is 58.1 Å². The second kappa shape index (κ2) is 12.2. The molecule has 6 heteroatoms. The highest BCUT2D eigenvalue weighted by atomic mass is 16.5. The fourth-order valence-electron chi connectivity index (χ4n) is 3.78. The van der Waals surface area contributed by atoms with Gasteiger partial charge in [-0.05, 0) is 36.0 Å². The van der Waals surface area contributed by atoms with Crippen LogP contribution in [0.5, 0.6) is 5.75 Å². The predicted molar refractivity (Wildman–Crippen MR) is 128 cm³/mol. The molecular formula is C25H36N4O2. The molecule has 1 fully saturated rings. The summed E-state index contributed by atoms with van der Waals surface area (Å²) in [6.07, 6.45) is 1.17. The molecule has 0 spiro atoms. The number of guanidine groups is 1. The molecule has 2 atom stereocenters. The van der Waals surface area contributed by atoms with Crippen molar-refractivity contribution in [1.29, 1.82) is 0 Å². The Bertz CT molecular complexity index is 812. The Kier molecular flexibility index (Phi) is 9.03. The Hall–Kier alpha value is -2.73. The molecule has 6 nitrogen and oxygen atoms in total. The van der Waals surface area contributed by atoms with E-state index in [9.17, 15) is 0 Å². The fourth-order valence-corrected chi connectivity index (χ4v) is 3.78. The Morgan fingerprint density at radius 3 is 2.77 bits per heavy atom. The third-order valence-corrected chi connectivity index (χ3v) is 5.62. The van der Waals surface area contributed by atoms with Gasteiger partial charge in [-0.3, -0.25) is 4.99 Å². The number of methoxy groups -OCH3 is 1. The lowest BCUT2D eigenvalue weighted by atomic mass is 10.1. The number of anilines is 1. The van der Waals surface area contributed by atoms with Crippen LogP contribution in [0.1, 0.15) is 18.9 Å². The fraction of sp³-hybridized carbons (Fsp3) is 0.480. The highest BCUT2D eigenvalue weighted by Gasteiger charge is 2.23. The van der Waals surface area contributed by atoms with Crippen molar-refractivity contribution in [2.45, 2.75) is 20.0 Å². The van der Waals surface area contributed by atoms with Gasteiger partial charge in [0.05, 0.1) is 20.3 Å². The SMILES string of the molecule is CN=C(NCC(C)COCc1ccccc1)NCC1CCN(c2cccc(OC)c2)C1. The minimum atomic E-state index is 0.400. The summed E-state index contributed by atoms with van der Waals surface area (Å²) in [6, 6.07) is 18.6. The molecule has 1 aliphatic rings. The van der Waals surface area contributed by atoms with E-state index in [2.05, 4.69) is 57.8 Å². The molecule has 0 saturated carbocycles. The van der Waals surface area contributed by atoms with Gasteiger partial charge in [-0.25, -0.2) is 0 Å². The summed E-state index contributed by atoms with van der Waals surface area (Å²) < 4.78 is 11.2. The quantitative estimate of drug-likeness (QED) is 0.451. The van der Waals surface area contributed by atoms with Gasteiger partial charge in [0.2, 0.25) is 0 Å². The smallest absolute Gasteiger partial charge is 0.190 e. The van der Waals surface area contributed by atoms with Crippen LogP contribution < -0.4 is 20.3 Å². The molecule has 1 saturated heterocycles. The normalized spacial score (nSPS) is 17.5. The second-order valence-electron chi connectivity index (χ2n) is 8.24. The van der Waals surface area contributed by atoms with E-state index in [0.717, 1.165) is 44.5 Å². The van der Waals surface area contributed by atoms with E-state index < -0.39 is 0 Å². The molecule has 1 heterocycles. The van der Waals surface area contributed by atoms with E-state index in [1.807, 2.05) is 31.3 Å². The zero-order chi connectivity index (χ0) is 21.9. The standard InChI is InChI=1S/C25H36N4O2/c1-20(18-31-19-21-8-5-4-6-9-21)15-27-25(26-2)28-16-22-12-13-29(17-22)23-10-7-11-24(14-23)30-3/h4-11,14,20,22H,12-13,15-19H2,1-3H3,(H2,26,27,28). The Balaban J connectivity index is 1.33. The molecule has 0 bridgehead atoms. The van der Waals surface area contributed by atoms with Crippen molar-refractivity contribution in [1.82, 2.24) is 10.6 Å². The lowest BCUT2D eigenvalue weighted by Gasteiger charge is -2.20. The van der Waals surface area contributed by atoms with Crippen molar-refractivity contribution >= 4 is 11.6 Å². The summed E-state index contributed by atoms with van der Waals surface area (Å²) in [4.78, 5) is 6.80. The van der Waals surface area contributed by atoms with Gasteiger partial charge in [0.1, 0.15) is 5.75 Å². The number of nitrogens with one attached hydrogen (secondary N) is 2. The Labute approximate surface area is 186 Å². The molecule has 0 aromatic heterocycles. The average molecular weight is 425 g/mol. The maximum atomic E-state index is 5.84. The molecular weight excluding hydrogens is 388 g/mol. The molecule has 2 aromatic rings. The first kappa shape index (κ1) is 22.9. The van der Waals surface area contributed by atoms with Gasteiger partial charge >= 0.3 is 0 Å². The summed E-state index contributed by atoms with van der Waals surface area (Å²) in [5.41, 5.74) is 2.44. The van der Waals surface area contributed by atoms with Crippen molar-refractivity contribution < 1.29 is 9.47 Å². The zero-order valence-electron chi connectivity index (χ0n) is 19.0. The van der Waals surface area contributed by atoms with Crippen molar-refractivity contribution in [3.8, 4) is 5.75 Å². The molecule has 2 aromatic carbocycles. The van der Waals surface area contributed by atoms with Crippen molar-refractivity contribution in [3.05, 3.63) is 60.2 Å². The zero-order valence-corrected chi connectivity index (χ0v) is 19.0. The first-order valence-corrected chi connectivity index (χ1v) is 11.1. The van der Waals surface area contributed by atoms with Gasteiger partial charge in [0.25, 0.3) is 0 Å². The Morgan fingerprint density at radius 1 is 1.16 bits per heavy atom. The minimum Gasteiger partial charge on any atom is -0.497 e. The minimum absolute atomic E-state index is 0.400. The van der Waals surface area contributed by atoms with E-state index in [0.29, 0.717) is 18.4 Å². The first-order chi connectivity index (χ1) is 15.2. The first-order valence-electron chi connectivity index (χ1n) is 11.1. The van der Waals surface area contributed by atoms with Gasteiger partial charge in [-0.15, -0.1) is 0 Å². The molecule has 1 aliphatic heterocycles. The van der Waals surface area contributed by atoms with Crippen LogP contribution >= 0.6 is 0 Å². The van der Waals surface area contributed by atoms with Gasteiger partial charge in [-0.2, -0.15) is 0 Å². The van der Waals surface area contributed by atoms with Gasteiger partial charge < -0.3 is 25.0 Å². The summed E-state index contributed by atoms with van der Waals surface area (Å²) in [5.74, 6) is 2.76. The third kappa shape index (κ3) is 7.47. The van der Waals surface area contributed by atoms with Crippen LogP contribution in [-0.2, 0) is 11.3 Å². The van der Waals surface area contributed by atoms with Crippen molar-refractivity contribution in [2.75, 3.05) is 51.8 Å². The summed E-state index contributed by atoms with van der Waals surface area (Å²) in [7, 11) is 3.54. The molecule has 0 radical (unpaired) electrons. The number of nitrogens with zero attached hydrogens (tertiary/aromatic N) is 2. The number of benzene rings is 2. The van der Waals surface area contributed by atoms with Crippen molar-refractivity contribution in [2.24, 2.45) is 16.8 Å². The van der Waals surface area contributed by atoms with Gasteiger partial charge in [0, 0.05) is 45.0 Å². The van der Waals surface area contributed by atoms with Gasteiger partial charge in [-0.1, -0.05) is 43.3 Å². The lowest BCUT2D eigenvalue weighted by Crippen LogP contribution is -2.42. The average Bonchev–Trinajstić information content (AvgIpc) is 3.29. The summed E-state index contributed by atoms with van der Waals surface area (Å²) in [6.45, 7) is 7.42. The largest absolute Gasteiger partial charge is 0.497 e. The van der Waals surface area contributed by atoms with Crippen LogP contribution in [-0.4, -0.2) is 52.9 Å². The molecule has 0 amide bonds. The van der Waals surface area contributed by atoms with Crippen molar-refractivity contribution in [3.63, 3.8) is 0 Å². The van der Waals surface area contributed by atoms with Crippen LogP contribution in [0.2, 0.25) is 0 Å². The second-order valence-corrected chi connectivity index (χ2v) is 8.24. The molecule has 31 heavy (non-hydrogen) atoms. The number of hydrogen-bond donors (Lipinski definition) is 2. The number of aliphatic imine (C=N–C) groups is 1. The molecule has 2 unspecified atom stereocenters. The van der Waals surface area contributed by atoms with Gasteiger partial charge in [0.15, 0.2) is 5.96 Å². The number of ether oxygens (including phenoxy) is 2. The highest BCUT2D eigenvalue weighted by molar-refractivity contribution is 5.79. The van der Waals surface area contributed by atoms with E-state index in [-0.39, 0.29) is 0 Å². The monoisotopic (exact) mass is 424 g/mol. The molecule has 2 N–H and O–H groups in total. The van der Waals surface area contributed by atoms with E-state index in [4.69, 9.17) is 9.47 Å².